The quantitative estimate of drug-likeness (QED) is 0.579. The molecule has 3 rings (SSSR count). The van der Waals surface area contributed by atoms with Crippen molar-refractivity contribution in [2.45, 2.75) is 52.7 Å². The van der Waals surface area contributed by atoms with Gasteiger partial charge < -0.3 is 30.4 Å². The lowest BCUT2D eigenvalue weighted by Gasteiger charge is -2.37. The zero-order valence-electron chi connectivity index (χ0n) is 19.4. The molecule has 1 aliphatic rings. The van der Waals surface area contributed by atoms with Gasteiger partial charge in [-0.25, -0.2) is 0 Å². The third-order valence-corrected chi connectivity index (χ3v) is 6.08. The van der Waals surface area contributed by atoms with Gasteiger partial charge in [0, 0.05) is 49.3 Å². The number of nitrogens with two attached hydrogens (primary N) is 1. The van der Waals surface area contributed by atoms with Crippen LogP contribution in [0, 0.1) is 13.8 Å². The van der Waals surface area contributed by atoms with Crippen molar-refractivity contribution in [3.05, 3.63) is 56.5 Å². The predicted molar refractivity (Wildman–Crippen MR) is 125 cm³/mol. The normalized spacial score (nSPS) is 14.3. The van der Waals surface area contributed by atoms with Gasteiger partial charge in [-0.05, 0) is 62.9 Å². The smallest absolute Gasteiger partial charge is 0.256 e. The number of carbonyl (C=O) groups excluding carboxylic acids is 1. The molecule has 1 fully saturated rings. The van der Waals surface area contributed by atoms with Gasteiger partial charge in [-0.15, -0.1) is 0 Å². The molecule has 174 valence electrons. The average Bonchev–Trinajstić information content (AvgIpc) is 2.80. The van der Waals surface area contributed by atoms with Crippen molar-refractivity contribution in [2.75, 3.05) is 31.8 Å². The van der Waals surface area contributed by atoms with Crippen LogP contribution in [-0.4, -0.2) is 43.8 Å². The van der Waals surface area contributed by atoms with Crippen LogP contribution in [0.3, 0.4) is 0 Å². The van der Waals surface area contributed by atoms with E-state index in [0.717, 1.165) is 49.4 Å². The molecule has 32 heavy (non-hydrogen) atoms. The highest BCUT2D eigenvalue weighted by Gasteiger charge is 2.24. The Bertz CT molecular complexity index is 1010. The number of pyridine rings is 1. The zero-order valence-corrected chi connectivity index (χ0v) is 19.4. The van der Waals surface area contributed by atoms with Crippen molar-refractivity contribution < 1.29 is 14.3 Å². The number of nitrogens with zero attached hydrogens (tertiary/aromatic N) is 1. The van der Waals surface area contributed by atoms with Gasteiger partial charge in [0.1, 0.15) is 5.75 Å². The summed E-state index contributed by atoms with van der Waals surface area (Å²) in [6, 6.07) is 6.03. The molecule has 1 amide bonds. The highest BCUT2D eigenvalue weighted by Crippen LogP contribution is 2.30. The van der Waals surface area contributed by atoms with E-state index >= 15 is 0 Å². The van der Waals surface area contributed by atoms with Crippen molar-refractivity contribution in [3.63, 3.8) is 0 Å². The lowest BCUT2D eigenvalue weighted by molar-refractivity contribution is 0.0845. The molecule has 1 aliphatic heterocycles. The van der Waals surface area contributed by atoms with Crippen LogP contribution in [0.4, 0.5) is 5.69 Å². The predicted octanol–water partition coefficient (Wildman–Crippen LogP) is 2.39. The van der Waals surface area contributed by atoms with E-state index in [1.165, 1.54) is 7.11 Å². The van der Waals surface area contributed by atoms with Crippen LogP contribution in [0.25, 0.3) is 0 Å². The Morgan fingerprint density at radius 1 is 1.28 bits per heavy atom. The summed E-state index contributed by atoms with van der Waals surface area (Å²) < 4.78 is 10.9. The van der Waals surface area contributed by atoms with Crippen molar-refractivity contribution >= 4 is 11.6 Å². The molecule has 8 heteroatoms. The summed E-state index contributed by atoms with van der Waals surface area (Å²) in [5.41, 5.74) is 10.2. The number of nitrogens with one attached hydrogen (secondary N) is 2. The topological polar surface area (TPSA) is 110 Å². The maximum absolute atomic E-state index is 13.2. The molecule has 0 saturated carbocycles. The summed E-state index contributed by atoms with van der Waals surface area (Å²) in [5, 5.41) is 2.89. The van der Waals surface area contributed by atoms with E-state index < -0.39 is 0 Å². The van der Waals surface area contributed by atoms with Crippen molar-refractivity contribution in [3.8, 4) is 5.75 Å². The van der Waals surface area contributed by atoms with Gasteiger partial charge >= 0.3 is 0 Å². The van der Waals surface area contributed by atoms with Crippen LogP contribution in [0.1, 0.15) is 52.5 Å². The molecule has 8 nitrogen and oxygen atoms in total. The fourth-order valence-electron chi connectivity index (χ4n) is 4.33. The highest BCUT2D eigenvalue weighted by molar-refractivity contribution is 5.97. The number of anilines is 1. The molecule has 0 bridgehead atoms. The van der Waals surface area contributed by atoms with Crippen LogP contribution < -0.4 is 26.2 Å². The van der Waals surface area contributed by atoms with Crippen molar-refractivity contribution in [1.82, 2.24) is 10.3 Å². The molecule has 4 N–H and O–H groups in total. The van der Waals surface area contributed by atoms with Crippen LogP contribution >= 0.6 is 0 Å². The third-order valence-electron chi connectivity index (χ3n) is 6.08. The Morgan fingerprint density at radius 2 is 2.00 bits per heavy atom. The number of hydrogen-bond acceptors (Lipinski definition) is 6. The zero-order chi connectivity index (χ0) is 23.3. The first-order valence-electron chi connectivity index (χ1n) is 11.1. The molecule has 0 radical (unpaired) electrons. The standard InChI is InChI=1S/C24H34N4O4/c1-5-28(18-6-8-32-9-7-18)21-12-17(13-25)11-19(16(21)3)23(29)26-14-20-22(31-4)10-15(2)27-24(20)30/h10-12,18H,5-9,13-14,25H2,1-4H3,(H,26,29)(H,27,30). The van der Waals surface area contributed by atoms with E-state index in [0.29, 0.717) is 35.2 Å². The van der Waals surface area contributed by atoms with E-state index in [1.54, 1.807) is 13.0 Å². The monoisotopic (exact) mass is 442 g/mol. The fraction of sp³-hybridized carbons (Fsp3) is 0.500. The first-order chi connectivity index (χ1) is 15.4. The minimum Gasteiger partial charge on any atom is -0.496 e. The number of aromatic nitrogens is 1. The maximum Gasteiger partial charge on any atom is 0.256 e. The lowest BCUT2D eigenvalue weighted by atomic mass is 9.98. The molecular formula is C24H34N4O4. The van der Waals surface area contributed by atoms with E-state index in [2.05, 4.69) is 28.2 Å². The molecule has 0 aliphatic carbocycles. The summed E-state index contributed by atoms with van der Waals surface area (Å²) in [6.45, 7) is 8.60. The van der Waals surface area contributed by atoms with Crippen LogP contribution in [0.5, 0.6) is 5.75 Å². The van der Waals surface area contributed by atoms with E-state index in [-0.39, 0.29) is 18.0 Å². The number of carbonyl (C=O) groups is 1. The first kappa shape index (κ1) is 23.8. The second-order valence-corrected chi connectivity index (χ2v) is 8.13. The van der Waals surface area contributed by atoms with Gasteiger partial charge in [-0.2, -0.15) is 0 Å². The van der Waals surface area contributed by atoms with Crippen LogP contribution in [-0.2, 0) is 17.8 Å². The number of rotatable bonds is 8. The number of amides is 1. The molecule has 0 atom stereocenters. The Morgan fingerprint density at radius 3 is 2.62 bits per heavy atom. The summed E-state index contributed by atoms with van der Waals surface area (Å²) in [5.74, 6) is 0.209. The SMILES string of the molecule is CCN(c1cc(CN)cc(C(=O)NCc2c(OC)cc(C)[nH]c2=O)c1C)C1CCOCC1. The van der Waals surface area contributed by atoms with Gasteiger partial charge in [0.25, 0.3) is 11.5 Å². The minimum atomic E-state index is -0.271. The molecule has 2 heterocycles. The number of aryl methyl sites for hydroxylation is 1. The number of aromatic amines is 1. The average molecular weight is 443 g/mol. The lowest BCUT2D eigenvalue weighted by Crippen LogP contribution is -2.40. The Hall–Kier alpha value is -2.84. The number of benzene rings is 1. The Balaban J connectivity index is 1.90. The van der Waals surface area contributed by atoms with Gasteiger partial charge in [0.05, 0.1) is 19.2 Å². The molecule has 1 aromatic heterocycles. The second-order valence-electron chi connectivity index (χ2n) is 8.13. The first-order valence-corrected chi connectivity index (χ1v) is 11.1. The molecule has 0 unspecified atom stereocenters. The summed E-state index contributed by atoms with van der Waals surface area (Å²) >= 11 is 0. The highest BCUT2D eigenvalue weighted by atomic mass is 16.5. The number of ether oxygens (including phenoxy) is 2. The summed E-state index contributed by atoms with van der Waals surface area (Å²) in [7, 11) is 1.51. The second kappa shape index (κ2) is 10.7. The fourth-order valence-corrected chi connectivity index (χ4v) is 4.33. The molecule has 2 aromatic rings. The van der Waals surface area contributed by atoms with Crippen molar-refractivity contribution in [1.29, 1.82) is 0 Å². The Kier molecular flexibility index (Phi) is 7.93. The van der Waals surface area contributed by atoms with Gasteiger partial charge in [-0.3, -0.25) is 9.59 Å². The van der Waals surface area contributed by atoms with Gasteiger partial charge in [0.15, 0.2) is 0 Å². The molecule has 1 saturated heterocycles. The maximum atomic E-state index is 13.2. The largest absolute Gasteiger partial charge is 0.496 e. The van der Waals surface area contributed by atoms with Crippen molar-refractivity contribution in [2.24, 2.45) is 5.73 Å². The van der Waals surface area contributed by atoms with E-state index in [4.69, 9.17) is 15.2 Å². The number of hydrogen-bond donors (Lipinski definition) is 3. The summed E-state index contributed by atoms with van der Waals surface area (Å²) in [6.07, 6.45) is 1.91. The van der Waals surface area contributed by atoms with E-state index in [1.807, 2.05) is 13.0 Å². The van der Waals surface area contributed by atoms with Crippen LogP contribution in [0.2, 0.25) is 0 Å². The number of H-pyrrole nitrogens is 1. The Labute approximate surface area is 189 Å². The minimum absolute atomic E-state index is 0.0662. The van der Waals surface area contributed by atoms with Gasteiger partial charge in [0.2, 0.25) is 0 Å². The number of methoxy groups -OCH3 is 1. The molecule has 0 spiro atoms. The van der Waals surface area contributed by atoms with Crippen LogP contribution in [0.15, 0.2) is 23.0 Å². The molecular weight excluding hydrogens is 408 g/mol. The van der Waals surface area contributed by atoms with Gasteiger partial charge in [-0.1, -0.05) is 0 Å². The third kappa shape index (κ3) is 5.14. The molecule has 1 aromatic carbocycles. The summed E-state index contributed by atoms with van der Waals surface area (Å²) in [4.78, 5) is 30.7. The van der Waals surface area contributed by atoms with E-state index in [9.17, 15) is 9.59 Å².